The molecule has 0 radical (unpaired) electrons. The minimum absolute atomic E-state index is 0.113. The first-order valence-corrected chi connectivity index (χ1v) is 12.7. The first-order valence-electron chi connectivity index (χ1n) is 12.7. The molecule has 0 aromatic rings. The highest BCUT2D eigenvalue weighted by atomic mass is 16.7. The summed E-state index contributed by atoms with van der Waals surface area (Å²) in [7, 11) is 0. The van der Waals surface area contributed by atoms with Crippen LogP contribution in [0.2, 0.25) is 0 Å². The van der Waals surface area contributed by atoms with Gasteiger partial charge in [0.15, 0.2) is 12.6 Å². The summed E-state index contributed by atoms with van der Waals surface area (Å²) in [4.78, 5) is 0. The lowest BCUT2D eigenvalue weighted by molar-refractivity contribution is -0.291. The van der Waals surface area contributed by atoms with E-state index in [1.165, 1.54) is 0 Å². The highest BCUT2D eigenvalue weighted by Gasteiger charge is 2.49. The van der Waals surface area contributed by atoms with Gasteiger partial charge in [-0.25, -0.2) is 0 Å². The highest BCUT2D eigenvalue weighted by molar-refractivity contribution is 4.96. The fourth-order valence-electron chi connectivity index (χ4n) is 5.88. The van der Waals surface area contributed by atoms with Crippen LogP contribution in [-0.4, -0.2) is 49.1 Å². The minimum Gasteiger partial charge on any atom is -0.349 e. The summed E-state index contributed by atoms with van der Waals surface area (Å²) in [6, 6.07) is -0.288. The molecule has 31 heavy (non-hydrogen) atoms. The Labute approximate surface area is 190 Å². The number of hydrogen-bond donors (Lipinski definition) is 2. The van der Waals surface area contributed by atoms with Gasteiger partial charge in [-0.15, -0.1) is 0 Å². The van der Waals surface area contributed by atoms with Crippen molar-refractivity contribution < 1.29 is 18.9 Å². The van der Waals surface area contributed by atoms with Crippen molar-refractivity contribution in [3.63, 3.8) is 0 Å². The van der Waals surface area contributed by atoms with Crippen molar-refractivity contribution in [1.82, 2.24) is 0 Å². The smallest absolute Gasteiger partial charge is 0.173 e. The Hall–Kier alpha value is -0.240. The molecule has 3 aliphatic rings. The van der Waals surface area contributed by atoms with Crippen LogP contribution in [0.25, 0.3) is 0 Å². The summed E-state index contributed by atoms with van der Waals surface area (Å²) < 4.78 is 26.0. The van der Waals surface area contributed by atoms with Gasteiger partial charge in [-0.2, -0.15) is 0 Å². The van der Waals surface area contributed by atoms with E-state index in [1.54, 1.807) is 0 Å². The van der Waals surface area contributed by atoms with E-state index >= 15 is 0 Å². The van der Waals surface area contributed by atoms with E-state index < -0.39 is 6.29 Å². The quantitative estimate of drug-likeness (QED) is 0.651. The van der Waals surface area contributed by atoms with Crippen LogP contribution in [0.15, 0.2) is 0 Å². The van der Waals surface area contributed by atoms with E-state index in [0.29, 0.717) is 35.5 Å². The molecule has 2 aliphatic heterocycles. The summed E-state index contributed by atoms with van der Waals surface area (Å²) in [5.74, 6) is 2.32. The first-order chi connectivity index (χ1) is 14.6. The van der Waals surface area contributed by atoms with Crippen molar-refractivity contribution in [2.24, 2.45) is 47.0 Å². The molecular weight excluding hydrogens is 392 g/mol. The van der Waals surface area contributed by atoms with Crippen molar-refractivity contribution in [3.05, 3.63) is 0 Å². The van der Waals surface area contributed by atoms with E-state index in [9.17, 15) is 0 Å². The maximum absolute atomic E-state index is 6.69. The van der Waals surface area contributed by atoms with Gasteiger partial charge in [-0.3, -0.25) is 0 Å². The van der Waals surface area contributed by atoms with Gasteiger partial charge in [0.1, 0.15) is 6.10 Å². The van der Waals surface area contributed by atoms with Crippen molar-refractivity contribution in [3.8, 4) is 0 Å². The molecule has 4 N–H and O–H groups in total. The van der Waals surface area contributed by atoms with Crippen LogP contribution < -0.4 is 11.5 Å². The Kier molecular flexibility index (Phi) is 8.48. The van der Waals surface area contributed by atoms with Crippen LogP contribution in [0.3, 0.4) is 0 Å². The van der Waals surface area contributed by atoms with Crippen molar-refractivity contribution in [2.75, 3.05) is 0 Å². The second kappa shape index (κ2) is 10.4. The maximum Gasteiger partial charge on any atom is 0.173 e. The number of nitrogens with two attached hydrogens (primary N) is 2. The summed E-state index contributed by atoms with van der Waals surface area (Å²) >= 11 is 0. The van der Waals surface area contributed by atoms with E-state index in [0.717, 1.165) is 19.3 Å². The monoisotopic (exact) mass is 440 g/mol. The molecule has 6 heteroatoms. The zero-order chi connectivity index (χ0) is 23.0. The lowest BCUT2D eigenvalue weighted by Gasteiger charge is -2.49. The van der Waals surface area contributed by atoms with Crippen molar-refractivity contribution >= 4 is 0 Å². The van der Waals surface area contributed by atoms with E-state index in [-0.39, 0.29) is 42.8 Å². The molecule has 0 aromatic heterocycles. The molecule has 3 fully saturated rings. The third-order valence-electron chi connectivity index (χ3n) is 8.99. The fourth-order valence-corrected chi connectivity index (χ4v) is 5.88. The molecule has 2 heterocycles. The lowest BCUT2D eigenvalue weighted by atomic mass is 9.75. The number of hydrogen-bond acceptors (Lipinski definition) is 6. The van der Waals surface area contributed by atoms with Crippen LogP contribution in [0, 0.1) is 35.5 Å². The van der Waals surface area contributed by atoms with Crippen molar-refractivity contribution in [2.45, 2.75) is 124 Å². The molecule has 0 aromatic carbocycles. The third kappa shape index (κ3) is 4.99. The molecule has 182 valence electrons. The molecule has 0 unspecified atom stereocenters. The standard InChI is InChI=1S/C25H48N2O4/c1-9-19-14(5)16(7)21(27)25(29-19)31-23-18(26)11-12(3)13(4)22(23)30-24-17(8)15(6)20(10-2)28-24/h12-25H,9-11,26-27H2,1-8H3/t12-,13+,14+,15+,16+,17-,18+,19-,20-,21-,22-,23-,24+,25-/m1/s1. The molecule has 1 saturated carbocycles. The molecule has 3 rings (SSSR count). The Morgan fingerprint density at radius 1 is 0.677 bits per heavy atom. The highest BCUT2D eigenvalue weighted by Crippen LogP contribution is 2.41. The molecule has 0 spiro atoms. The van der Waals surface area contributed by atoms with Crippen LogP contribution in [0.1, 0.15) is 74.7 Å². The molecule has 2 saturated heterocycles. The Morgan fingerprint density at radius 2 is 1.19 bits per heavy atom. The van der Waals surface area contributed by atoms with E-state index in [4.69, 9.17) is 30.4 Å². The van der Waals surface area contributed by atoms with Crippen LogP contribution >= 0.6 is 0 Å². The molecule has 14 atom stereocenters. The van der Waals surface area contributed by atoms with Gasteiger partial charge < -0.3 is 30.4 Å². The number of ether oxygens (including phenoxy) is 4. The van der Waals surface area contributed by atoms with Gasteiger partial charge in [-0.1, -0.05) is 55.4 Å². The average molecular weight is 441 g/mol. The normalized spacial score (nSPS) is 53.6. The van der Waals surface area contributed by atoms with Gasteiger partial charge in [0.2, 0.25) is 0 Å². The van der Waals surface area contributed by atoms with Crippen molar-refractivity contribution in [1.29, 1.82) is 0 Å². The second-order valence-electron chi connectivity index (χ2n) is 10.9. The largest absolute Gasteiger partial charge is 0.349 e. The van der Waals surface area contributed by atoms with Crippen LogP contribution in [-0.2, 0) is 18.9 Å². The summed E-state index contributed by atoms with van der Waals surface area (Å²) in [5.41, 5.74) is 13.2. The fraction of sp³-hybridized carbons (Fsp3) is 1.00. The second-order valence-corrected chi connectivity index (χ2v) is 10.9. The third-order valence-corrected chi connectivity index (χ3v) is 8.99. The Bertz CT molecular complexity index is 576. The van der Waals surface area contributed by atoms with E-state index in [1.807, 2.05) is 0 Å². The summed E-state index contributed by atoms with van der Waals surface area (Å²) in [5, 5.41) is 0. The zero-order valence-electron chi connectivity index (χ0n) is 21.0. The minimum atomic E-state index is -0.455. The Morgan fingerprint density at radius 3 is 1.77 bits per heavy atom. The molecular formula is C25H48N2O4. The topological polar surface area (TPSA) is 89.0 Å². The molecule has 6 nitrogen and oxygen atoms in total. The first kappa shape index (κ1) is 25.4. The molecule has 1 aliphatic carbocycles. The van der Waals surface area contributed by atoms with Gasteiger partial charge >= 0.3 is 0 Å². The van der Waals surface area contributed by atoms with Gasteiger partial charge in [0.05, 0.1) is 24.4 Å². The van der Waals surface area contributed by atoms with Gasteiger partial charge in [0, 0.05) is 12.0 Å². The average Bonchev–Trinajstić information content (AvgIpc) is 3.02. The molecule has 0 amide bonds. The lowest BCUT2D eigenvalue weighted by Crippen LogP contribution is -2.61. The van der Waals surface area contributed by atoms with Gasteiger partial charge in [0.25, 0.3) is 0 Å². The SMILES string of the molecule is CC[C@H]1O[C@@H](O[C@@H]2[C@@H](C)[C@H](C)C[C@H](N)[C@H]2O[C@H]2O[C@H](CC)[C@@H](C)[C@H](C)[C@H]2N)[C@H](C)[C@@H]1C. The zero-order valence-corrected chi connectivity index (χ0v) is 21.0. The van der Waals surface area contributed by atoms with Crippen LogP contribution in [0.5, 0.6) is 0 Å². The Balaban J connectivity index is 1.78. The van der Waals surface area contributed by atoms with E-state index in [2.05, 4.69) is 55.4 Å². The predicted octanol–water partition coefficient (Wildman–Crippen LogP) is 3.90. The maximum atomic E-state index is 6.69. The van der Waals surface area contributed by atoms with Gasteiger partial charge in [-0.05, 0) is 48.9 Å². The summed E-state index contributed by atoms with van der Waals surface area (Å²) in [6.07, 6.45) is 2.18. The number of rotatable bonds is 6. The molecule has 0 bridgehead atoms. The van der Waals surface area contributed by atoms with Crippen LogP contribution in [0.4, 0.5) is 0 Å². The summed E-state index contributed by atoms with van der Waals surface area (Å²) in [6.45, 7) is 17.8. The predicted molar refractivity (Wildman–Crippen MR) is 123 cm³/mol.